The fraction of sp³-hybridized carbons (Fsp3) is 0.529. The van der Waals surface area contributed by atoms with Crippen molar-refractivity contribution in [2.24, 2.45) is 0 Å². The van der Waals surface area contributed by atoms with Crippen molar-refractivity contribution in [1.82, 2.24) is 4.90 Å². The van der Waals surface area contributed by atoms with Crippen LogP contribution in [0.25, 0.3) is 0 Å². The van der Waals surface area contributed by atoms with Gasteiger partial charge in [0.1, 0.15) is 0 Å². The number of amides is 2. The largest absolute Gasteiger partial charge is 0.378 e. The average Bonchev–Trinajstić information content (AvgIpc) is 2.53. The van der Waals surface area contributed by atoms with Gasteiger partial charge in [0.05, 0.1) is 13.2 Å². The molecule has 0 spiro atoms. The summed E-state index contributed by atoms with van der Waals surface area (Å²) in [5.41, 5.74) is 1.97. The van der Waals surface area contributed by atoms with Crippen molar-refractivity contribution >= 4 is 17.5 Å². The molecule has 1 aliphatic heterocycles. The molecular formula is C17H24N2O3. The van der Waals surface area contributed by atoms with Crippen molar-refractivity contribution in [3.63, 3.8) is 0 Å². The molecule has 1 fully saturated rings. The molecular weight excluding hydrogens is 280 g/mol. The van der Waals surface area contributed by atoms with E-state index in [1.165, 1.54) is 5.56 Å². The van der Waals surface area contributed by atoms with Crippen LogP contribution < -0.4 is 5.32 Å². The van der Waals surface area contributed by atoms with Gasteiger partial charge in [-0.15, -0.1) is 0 Å². The maximum absolute atomic E-state index is 12.0. The van der Waals surface area contributed by atoms with Crippen LogP contribution in [0.5, 0.6) is 0 Å². The normalized spacial score (nSPS) is 15.0. The first kappa shape index (κ1) is 16.5. The van der Waals surface area contributed by atoms with Crippen molar-refractivity contribution in [2.75, 3.05) is 31.6 Å². The van der Waals surface area contributed by atoms with Gasteiger partial charge in [-0.3, -0.25) is 9.59 Å². The molecule has 1 aromatic rings. The van der Waals surface area contributed by atoms with Crippen LogP contribution >= 0.6 is 0 Å². The lowest BCUT2D eigenvalue weighted by atomic mass is 10.0. The van der Waals surface area contributed by atoms with Gasteiger partial charge in [0.2, 0.25) is 11.8 Å². The molecule has 1 saturated heterocycles. The molecule has 22 heavy (non-hydrogen) atoms. The van der Waals surface area contributed by atoms with Crippen LogP contribution in [-0.4, -0.2) is 43.0 Å². The highest BCUT2D eigenvalue weighted by molar-refractivity contribution is 5.93. The van der Waals surface area contributed by atoms with Crippen molar-refractivity contribution < 1.29 is 14.3 Å². The first-order valence-electron chi connectivity index (χ1n) is 7.81. The van der Waals surface area contributed by atoms with Gasteiger partial charge in [-0.25, -0.2) is 0 Å². The molecule has 2 amide bonds. The molecule has 0 radical (unpaired) electrons. The van der Waals surface area contributed by atoms with E-state index in [0.717, 1.165) is 5.69 Å². The first-order valence-corrected chi connectivity index (χ1v) is 7.81. The highest BCUT2D eigenvalue weighted by Gasteiger charge is 2.17. The Hall–Kier alpha value is -1.88. The number of carbonyl (C=O) groups is 2. The number of carbonyl (C=O) groups excluding carboxylic acids is 2. The Bertz CT molecular complexity index is 522. The van der Waals surface area contributed by atoms with Gasteiger partial charge in [-0.05, 0) is 23.6 Å². The van der Waals surface area contributed by atoms with Gasteiger partial charge in [0.15, 0.2) is 0 Å². The second-order valence-electron chi connectivity index (χ2n) is 5.82. The van der Waals surface area contributed by atoms with Gasteiger partial charge >= 0.3 is 0 Å². The number of hydrogen-bond donors (Lipinski definition) is 1. The maximum Gasteiger partial charge on any atom is 0.224 e. The summed E-state index contributed by atoms with van der Waals surface area (Å²) < 4.78 is 5.21. The minimum absolute atomic E-state index is 0.0226. The Balaban J connectivity index is 1.80. The summed E-state index contributed by atoms with van der Waals surface area (Å²) in [5, 5.41) is 2.86. The summed E-state index contributed by atoms with van der Waals surface area (Å²) >= 11 is 0. The first-order chi connectivity index (χ1) is 10.6. The predicted molar refractivity (Wildman–Crippen MR) is 85.8 cm³/mol. The Kier molecular flexibility index (Phi) is 5.95. The summed E-state index contributed by atoms with van der Waals surface area (Å²) in [6.07, 6.45) is 0.456. The topological polar surface area (TPSA) is 58.6 Å². The number of benzene rings is 1. The van der Waals surface area contributed by atoms with Crippen LogP contribution in [-0.2, 0) is 14.3 Å². The highest BCUT2D eigenvalue weighted by atomic mass is 16.5. The third-order valence-electron chi connectivity index (χ3n) is 3.77. The number of hydrogen-bond acceptors (Lipinski definition) is 3. The molecule has 5 heteroatoms. The number of nitrogens with zero attached hydrogens (tertiary/aromatic N) is 1. The van der Waals surface area contributed by atoms with E-state index in [4.69, 9.17) is 4.74 Å². The third kappa shape index (κ3) is 4.84. The Morgan fingerprint density at radius 1 is 1.23 bits per heavy atom. The molecule has 0 aromatic heterocycles. The lowest BCUT2D eigenvalue weighted by Crippen LogP contribution is -2.40. The minimum atomic E-state index is -0.123. The fourth-order valence-electron chi connectivity index (χ4n) is 2.39. The second-order valence-corrected chi connectivity index (χ2v) is 5.82. The third-order valence-corrected chi connectivity index (χ3v) is 3.77. The Labute approximate surface area is 131 Å². The van der Waals surface area contributed by atoms with E-state index in [2.05, 4.69) is 19.2 Å². The zero-order valence-corrected chi connectivity index (χ0v) is 13.3. The quantitative estimate of drug-likeness (QED) is 0.908. The van der Waals surface area contributed by atoms with E-state index >= 15 is 0 Å². The molecule has 2 rings (SSSR count). The van der Waals surface area contributed by atoms with Crippen molar-refractivity contribution in [3.05, 3.63) is 29.8 Å². The molecule has 120 valence electrons. The number of morpholine rings is 1. The van der Waals surface area contributed by atoms with E-state index < -0.39 is 0 Å². The van der Waals surface area contributed by atoms with E-state index in [1.54, 1.807) is 4.90 Å². The SMILES string of the molecule is CC(C)c1cccc(NC(=O)CCC(=O)N2CCOCC2)c1. The second kappa shape index (κ2) is 7.94. The molecule has 1 N–H and O–H groups in total. The number of ether oxygens (including phenoxy) is 1. The molecule has 1 aromatic carbocycles. The summed E-state index contributed by atoms with van der Waals surface area (Å²) in [6.45, 7) is 6.64. The summed E-state index contributed by atoms with van der Waals surface area (Å²) in [4.78, 5) is 25.7. The van der Waals surface area contributed by atoms with Crippen molar-refractivity contribution in [2.45, 2.75) is 32.6 Å². The smallest absolute Gasteiger partial charge is 0.224 e. The zero-order valence-electron chi connectivity index (χ0n) is 13.3. The summed E-state index contributed by atoms with van der Waals surface area (Å²) in [6, 6.07) is 7.83. The highest BCUT2D eigenvalue weighted by Crippen LogP contribution is 2.18. The van der Waals surface area contributed by atoms with Gasteiger partial charge in [0.25, 0.3) is 0 Å². The van der Waals surface area contributed by atoms with Crippen molar-refractivity contribution in [1.29, 1.82) is 0 Å². The Morgan fingerprint density at radius 2 is 1.95 bits per heavy atom. The van der Waals surface area contributed by atoms with Gasteiger partial charge < -0.3 is 15.0 Å². The molecule has 5 nitrogen and oxygen atoms in total. The maximum atomic E-state index is 12.0. The summed E-state index contributed by atoms with van der Waals surface area (Å²) in [5.74, 6) is 0.316. The van der Waals surface area contributed by atoms with E-state index in [-0.39, 0.29) is 24.7 Å². The molecule has 0 aliphatic carbocycles. The molecule has 0 atom stereocenters. The van der Waals surface area contributed by atoms with E-state index in [1.807, 2.05) is 24.3 Å². The van der Waals surface area contributed by atoms with Gasteiger partial charge in [-0.1, -0.05) is 26.0 Å². The number of anilines is 1. The number of rotatable bonds is 5. The number of nitrogens with one attached hydrogen (secondary N) is 1. The fourth-order valence-corrected chi connectivity index (χ4v) is 2.39. The van der Waals surface area contributed by atoms with E-state index in [9.17, 15) is 9.59 Å². The molecule has 0 unspecified atom stereocenters. The summed E-state index contributed by atoms with van der Waals surface area (Å²) in [7, 11) is 0. The van der Waals surface area contributed by atoms with Crippen LogP contribution in [0.15, 0.2) is 24.3 Å². The zero-order chi connectivity index (χ0) is 15.9. The van der Waals surface area contributed by atoms with Crippen LogP contribution in [0.4, 0.5) is 5.69 Å². The standard InChI is InChI=1S/C17H24N2O3/c1-13(2)14-4-3-5-15(12-14)18-16(20)6-7-17(21)19-8-10-22-11-9-19/h3-5,12-13H,6-11H2,1-2H3,(H,18,20). The van der Waals surface area contributed by atoms with E-state index in [0.29, 0.717) is 32.2 Å². The lowest BCUT2D eigenvalue weighted by molar-refractivity contribution is -0.136. The average molecular weight is 304 g/mol. The lowest BCUT2D eigenvalue weighted by Gasteiger charge is -2.26. The van der Waals surface area contributed by atoms with Gasteiger partial charge in [0, 0.05) is 31.6 Å². The molecule has 0 saturated carbocycles. The molecule has 1 heterocycles. The predicted octanol–water partition coefficient (Wildman–Crippen LogP) is 2.39. The van der Waals surface area contributed by atoms with Crippen LogP contribution in [0, 0.1) is 0 Å². The molecule has 1 aliphatic rings. The van der Waals surface area contributed by atoms with Crippen molar-refractivity contribution in [3.8, 4) is 0 Å². The van der Waals surface area contributed by atoms with Crippen LogP contribution in [0.3, 0.4) is 0 Å². The monoisotopic (exact) mass is 304 g/mol. The Morgan fingerprint density at radius 3 is 2.64 bits per heavy atom. The minimum Gasteiger partial charge on any atom is -0.378 e. The van der Waals surface area contributed by atoms with Crippen LogP contribution in [0.1, 0.15) is 38.2 Å². The van der Waals surface area contributed by atoms with Crippen LogP contribution in [0.2, 0.25) is 0 Å². The molecule has 0 bridgehead atoms. The van der Waals surface area contributed by atoms with Gasteiger partial charge in [-0.2, -0.15) is 0 Å².